The fourth-order valence-corrected chi connectivity index (χ4v) is 3.79. The molecule has 0 spiro atoms. The largest absolute Gasteiger partial charge is 0.495 e. The summed E-state index contributed by atoms with van der Waals surface area (Å²) in [4.78, 5) is 23.3. The van der Waals surface area contributed by atoms with Gasteiger partial charge in [0, 0.05) is 7.05 Å². The second-order valence-electron chi connectivity index (χ2n) is 5.96. The number of sulfonamides is 1. The highest BCUT2D eigenvalue weighted by molar-refractivity contribution is 7.89. The number of rotatable bonds is 8. The van der Waals surface area contributed by atoms with E-state index in [0.29, 0.717) is 16.9 Å². The summed E-state index contributed by atoms with van der Waals surface area (Å²) in [6, 6.07) is 10.4. The zero-order chi connectivity index (χ0) is 22.3. The predicted molar refractivity (Wildman–Crippen MR) is 111 cm³/mol. The van der Waals surface area contributed by atoms with E-state index in [1.54, 1.807) is 24.3 Å². The number of hydrogen-bond acceptors (Lipinski definition) is 7. The quantitative estimate of drug-likeness (QED) is 0.371. The van der Waals surface area contributed by atoms with Gasteiger partial charge in [0.2, 0.25) is 10.0 Å². The van der Waals surface area contributed by atoms with Gasteiger partial charge in [0.25, 0.3) is 5.91 Å². The predicted octanol–water partition coefficient (Wildman–Crippen LogP) is 1.91. The molecule has 0 fully saturated rings. The first-order valence-corrected chi connectivity index (χ1v) is 10.3. The number of ether oxygens (including phenoxy) is 2. The van der Waals surface area contributed by atoms with Crippen LogP contribution in [-0.4, -0.2) is 58.6 Å². The van der Waals surface area contributed by atoms with E-state index in [-0.39, 0.29) is 9.92 Å². The molecule has 0 unspecified atom stereocenters. The summed E-state index contributed by atoms with van der Waals surface area (Å²) in [6.45, 7) is -0.454. The van der Waals surface area contributed by atoms with Gasteiger partial charge in [-0.25, -0.2) is 18.6 Å². The van der Waals surface area contributed by atoms with Gasteiger partial charge in [0.05, 0.1) is 42.5 Å². The molecule has 1 amide bonds. The molecule has 2 rings (SSSR count). The molecular formula is C19H20ClN3O6S. The van der Waals surface area contributed by atoms with Gasteiger partial charge in [-0.15, -0.1) is 0 Å². The third kappa shape index (κ3) is 5.78. The van der Waals surface area contributed by atoms with Crippen molar-refractivity contribution in [1.82, 2.24) is 9.73 Å². The maximum Gasteiger partial charge on any atom is 0.337 e. The normalized spacial score (nSPS) is 11.5. The molecule has 0 heterocycles. The molecule has 0 saturated heterocycles. The van der Waals surface area contributed by atoms with Gasteiger partial charge < -0.3 is 9.47 Å². The Balaban J connectivity index is 1.97. The average molecular weight is 454 g/mol. The molecule has 2 aromatic carbocycles. The molecule has 0 atom stereocenters. The van der Waals surface area contributed by atoms with Crippen LogP contribution >= 0.6 is 11.6 Å². The number of hydrazone groups is 1. The number of likely N-dealkylation sites (N-methyl/N-ethyl adjacent to an activating group) is 1. The summed E-state index contributed by atoms with van der Waals surface area (Å²) in [7, 11) is 0.0307. The van der Waals surface area contributed by atoms with E-state index in [4.69, 9.17) is 16.3 Å². The van der Waals surface area contributed by atoms with E-state index >= 15 is 0 Å². The Kier molecular flexibility index (Phi) is 7.93. The molecule has 0 saturated carbocycles. The molecule has 30 heavy (non-hydrogen) atoms. The Morgan fingerprint density at radius 2 is 1.83 bits per heavy atom. The van der Waals surface area contributed by atoms with Gasteiger partial charge in [-0.1, -0.05) is 23.7 Å². The number of halogens is 1. The monoisotopic (exact) mass is 453 g/mol. The minimum absolute atomic E-state index is 0.0715. The van der Waals surface area contributed by atoms with Crippen molar-refractivity contribution in [3.8, 4) is 5.75 Å². The maximum atomic E-state index is 12.6. The van der Waals surface area contributed by atoms with E-state index in [9.17, 15) is 18.0 Å². The van der Waals surface area contributed by atoms with Gasteiger partial charge in [-0.3, -0.25) is 4.79 Å². The minimum Gasteiger partial charge on any atom is -0.495 e. The second kappa shape index (κ2) is 10.2. The number of nitrogens with zero attached hydrogens (tertiary/aromatic N) is 2. The van der Waals surface area contributed by atoms with E-state index in [1.165, 1.54) is 45.7 Å². The molecule has 0 aromatic heterocycles. The molecule has 0 bridgehead atoms. The molecule has 0 aliphatic carbocycles. The van der Waals surface area contributed by atoms with Crippen LogP contribution in [0.2, 0.25) is 5.02 Å². The van der Waals surface area contributed by atoms with Crippen molar-refractivity contribution in [2.24, 2.45) is 5.10 Å². The van der Waals surface area contributed by atoms with E-state index in [2.05, 4.69) is 15.3 Å². The number of esters is 1. The lowest BCUT2D eigenvalue weighted by Crippen LogP contribution is -2.36. The Bertz CT molecular complexity index is 1050. The van der Waals surface area contributed by atoms with Gasteiger partial charge in [-0.2, -0.15) is 9.41 Å². The zero-order valence-electron chi connectivity index (χ0n) is 16.5. The topological polar surface area (TPSA) is 114 Å². The summed E-state index contributed by atoms with van der Waals surface area (Å²) >= 11 is 5.98. The Morgan fingerprint density at radius 1 is 1.17 bits per heavy atom. The molecular weight excluding hydrogens is 434 g/mol. The van der Waals surface area contributed by atoms with Crippen LogP contribution < -0.4 is 10.2 Å². The SMILES string of the molecule is COC(=O)c1ccc(/C=N/NC(=O)CN(C)S(=O)(=O)c2ccc(OC)c(Cl)c2)cc1. The summed E-state index contributed by atoms with van der Waals surface area (Å²) in [5.41, 5.74) is 3.25. The van der Waals surface area contributed by atoms with Crippen LogP contribution in [0.25, 0.3) is 0 Å². The van der Waals surface area contributed by atoms with Crippen LogP contribution in [0, 0.1) is 0 Å². The number of amides is 1. The van der Waals surface area contributed by atoms with Crippen molar-refractivity contribution >= 4 is 39.7 Å². The molecule has 0 aliphatic rings. The Morgan fingerprint density at radius 3 is 2.40 bits per heavy atom. The van der Waals surface area contributed by atoms with Crippen LogP contribution in [0.3, 0.4) is 0 Å². The molecule has 0 radical (unpaired) electrons. The Labute approximate surface area is 179 Å². The van der Waals surface area contributed by atoms with Crippen LogP contribution in [0.1, 0.15) is 15.9 Å². The highest BCUT2D eigenvalue weighted by atomic mass is 35.5. The molecule has 9 nitrogen and oxygen atoms in total. The molecule has 1 N–H and O–H groups in total. The van der Waals surface area contributed by atoms with E-state index in [0.717, 1.165) is 4.31 Å². The molecule has 11 heteroatoms. The molecule has 160 valence electrons. The first-order valence-electron chi connectivity index (χ1n) is 8.49. The van der Waals surface area contributed by atoms with E-state index < -0.39 is 28.4 Å². The summed E-state index contributed by atoms with van der Waals surface area (Å²) < 4.78 is 35.7. The van der Waals surface area contributed by atoms with Gasteiger partial charge in [0.1, 0.15) is 5.75 Å². The van der Waals surface area contributed by atoms with Crippen molar-refractivity contribution in [1.29, 1.82) is 0 Å². The number of benzene rings is 2. The van der Waals surface area contributed by atoms with Crippen molar-refractivity contribution in [2.45, 2.75) is 4.90 Å². The third-order valence-corrected chi connectivity index (χ3v) is 6.03. The van der Waals surface area contributed by atoms with Crippen LogP contribution in [0.4, 0.5) is 0 Å². The van der Waals surface area contributed by atoms with Crippen molar-refractivity contribution in [2.75, 3.05) is 27.8 Å². The average Bonchev–Trinajstić information content (AvgIpc) is 2.73. The van der Waals surface area contributed by atoms with E-state index in [1.807, 2.05) is 0 Å². The number of carbonyl (C=O) groups excluding carboxylic acids is 2. The zero-order valence-corrected chi connectivity index (χ0v) is 18.0. The van der Waals surface area contributed by atoms with Crippen molar-refractivity contribution < 1.29 is 27.5 Å². The lowest BCUT2D eigenvalue weighted by molar-refractivity contribution is -0.121. The number of nitrogens with one attached hydrogen (secondary N) is 1. The maximum absolute atomic E-state index is 12.6. The molecule has 2 aromatic rings. The van der Waals surface area contributed by atoms with Gasteiger partial charge in [-0.05, 0) is 35.9 Å². The fraction of sp³-hybridized carbons (Fsp3) is 0.211. The number of carbonyl (C=O) groups is 2. The number of methoxy groups -OCH3 is 2. The highest BCUT2D eigenvalue weighted by Gasteiger charge is 2.23. The van der Waals surface area contributed by atoms with Crippen molar-refractivity contribution in [3.05, 3.63) is 58.6 Å². The van der Waals surface area contributed by atoms with Gasteiger partial charge >= 0.3 is 5.97 Å². The van der Waals surface area contributed by atoms with Crippen LogP contribution in [0.15, 0.2) is 52.5 Å². The summed E-state index contributed by atoms with van der Waals surface area (Å²) in [5, 5.41) is 3.92. The van der Waals surface area contributed by atoms with Gasteiger partial charge in [0.15, 0.2) is 0 Å². The first kappa shape index (κ1) is 23.3. The lowest BCUT2D eigenvalue weighted by atomic mass is 10.1. The summed E-state index contributed by atoms with van der Waals surface area (Å²) in [6.07, 6.45) is 1.36. The smallest absolute Gasteiger partial charge is 0.337 e. The second-order valence-corrected chi connectivity index (χ2v) is 8.42. The number of hydrogen-bond donors (Lipinski definition) is 1. The van der Waals surface area contributed by atoms with Crippen LogP contribution in [-0.2, 0) is 19.6 Å². The van der Waals surface area contributed by atoms with Crippen LogP contribution in [0.5, 0.6) is 5.75 Å². The fourth-order valence-electron chi connectivity index (χ4n) is 2.31. The third-order valence-electron chi connectivity index (χ3n) is 3.93. The van der Waals surface area contributed by atoms with Crippen molar-refractivity contribution in [3.63, 3.8) is 0 Å². The Hall–Kier alpha value is -2.95. The lowest BCUT2D eigenvalue weighted by Gasteiger charge is -2.16. The highest BCUT2D eigenvalue weighted by Crippen LogP contribution is 2.27. The first-order chi connectivity index (χ1) is 14.2. The standard InChI is InChI=1S/C19H20ClN3O6S/c1-23(30(26,27)15-8-9-17(28-2)16(20)10-15)12-18(24)22-21-11-13-4-6-14(7-5-13)19(25)29-3/h4-11H,12H2,1-3H3,(H,22,24)/b21-11+. The summed E-state index contributed by atoms with van der Waals surface area (Å²) in [5.74, 6) is -0.762. The minimum atomic E-state index is -3.94. The molecule has 0 aliphatic heterocycles.